The lowest BCUT2D eigenvalue weighted by atomic mass is 10.0. The van der Waals surface area contributed by atoms with Crippen molar-refractivity contribution >= 4 is 22.6 Å². The maximum Gasteiger partial charge on any atom is 0.177 e. The van der Waals surface area contributed by atoms with Crippen LogP contribution in [-0.2, 0) is 6.54 Å². The van der Waals surface area contributed by atoms with Crippen LogP contribution in [-0.4, -0.2) is 52.3 Å². The van der Waals surface area contributed by atoms with Crippen molar-refractivity contribution in [3.63, 3.8) is 0 Å². The standard InChI is InChI=1S/C28H33N5OS/c1-20-17-26(21(2)33(20)24-9-11-25(34-3)12-10-24)27-19-35-28(31-30-27)29-23-13-15-32(16-14-23)18-22-7-5-4-6-8-22/h4-12,17,23H,13-16,18-19H2,1-3H3,(H,29,31). The Labute approximate surface area is 212 Å². The largest absolute Gasteiger partial charge is 0.497 e. The van der Waals surface area contributed by atoms with Crippen molar-refractivity contribution in [3.8, 4) is 11.4 Å². The van der Waals surface area contributed by atoms with Gasteiger partial charge in [0.05, 0.1) is 18.9 Å². The minimum absolute atomic E-state index is 0.369. The van der Waals surface area contributed by atoms with E-state index in [1.165, 1.54) is 22.5 Å². The Bertz CT molecular complexity index is 1210. The maximum absolute atomic E-state index is 5.31. The van der Waals surface area contributed by atoms with Gasteiger partial charge in [-0.15, -0.1) is 0 Å². The molecule has 5 rings (SSSR count). The number of hydrogen-bond donors (Lipinski definition) is 1. The van der Waals surface area contributed by atoms with Gasteiger partial charge in [0.15, 0.2) is 5.17 Å². The molecule has 0 spiro atoms. The minimum Gasteiger partial charge on any atom is -0.497 e. The van der Waals surface area contributed by atoms with Crippen LogP contribution >= 0.6 is 11.8 Å². The Morgan fingerprint density at radius 3 is 2.46 bits per heavy atom. The molecule has 0 saturated carbocycles. The number of hydrogen-bond acceptors (Lipinski definition) is 5. The van der Waals surface area contributed by atoms with Crippen molar-refractivity contribution in [2.45, 2.75) is 39.3 Å². The number of piperidine rings is 1. The molecule has 1 aromatic heterocycles. The molecule has 35 heavy (non-hydrogen) atoms. The average molecular weight is 488 g/mol. The first-order valence-electron chi connectivity index (χ1n) is 12.2. The second-order valence-corrected chi connectivity index (χ2v) is 10.2. The van der Waals surface area contributed by atoms with Crippen LogP contribution in [0.1, 0.15) is 35.4 Å². The first-order chi connectivity index (χ1) is 17.1. The van der Waals surface area contributed by atoms with Gasteiger partial charge in [-0.1, -0.05) is 42.1 Å². The van der Waals surface area contributed by atoms with E-state index in [1.807, 2.05) is 12.1 Å². The molecule has 1 saturated heterocycles. The summed E-state index contributed by atoms with van der Waals surface area (Å²) >= 11 is 1.76. The van der Waals surface area contributed by atoms with E-state index in [9.17, 15) is 0 Å². The molecule has 2 aliphatic rings. The van der Waals surface area contributed by atoms with Gasteiger partial charge < -0.3 is 9.30 Å². The van der Waals surface area contributed by atoms with Crippen molar-refractivity contribution in [1.82, 2.24) is 14.9 Å². The van der Waals surface area contributed by atoms with Crippen LogP contribution in [0.5, 0.6) is 5.75 Å². The number of amidine groups is 1. The minimum atomic E-state index is 0.369. The van der Waals surface area contributed by atoms with Crippen LogP contribution in [0.25, 0.3) is 5.69 Å². The van der Waals surface area contributed by atoms with Gasteiger partial charge in [-0.2, -0.15) is 5.10 Å². The molecule has 2 aromatic carbocycles. The molecule has 182 valence electrons. The van der Waals surface area contributed by atoms with Gasteiger partial charge in [0.25, 0.3) is 0 Å². The highest BCUT2D eigenvalue weighted by Crippen LogP contribution is 2.26. The summed E-state index contributed by atoms with van der Waals surface area (Å²) in [5.41, 5.74) is 10.4. The Hall–Kier alpha value is -3.03. The van der Waals surface area contributed by atoms with Crippen molar-refractivity contribution in [2.75, 3.05) is 26.0 Å². The van der Waals surface area contributed by atoms with Crippen molar-refractivity contribution in [2.24, 2.45) is 10.1 Å². The summed E-state index contributed by atoms with van der Waals surface area (Å²) in [4.78, 5) is 7.52. The smallest absolute Gasteiger partial charge is 0.177 e. The first kappa shape index (κ1) is 23.7. The van der Waals surface area contributed by atoms with E-state index in [1.54, 1.807) is 18.9 Å². The molecule has 1 N–H and O–H groups in total. The normalized spacial score (nSPS) is 18.4. The van der Waals surface area contributed by atoms with E-state index in [-0.39, 0.29) is 0 Å². The molecule has 3 heterocycles. The van der Waals surface area contributed by atoms with Crippen LogP contribution in [0, 0.1) is 13.8 Å². The number of rotatable bonds is 6. The number of benzene rings is 2. The molecule has 0 aliphatic carbocycles. The lowest BCUT2D eigenvalue weighted by Crippen LogP contribution is -2.36. The molecular formula is C28H33N5OS. The zero-order chi connectivity index (χ0) is 24.2. The maximum atomic E-state index is 5.31. The highest BCUT2D eigenvalue weighted by molar-refractivity contribution is 8.14. The molecule has 0 amide bonds. The molecule has 0 radical (unpaired) electrons. The Kier molecular flexibility index (Phi) is 7.25. The Morgan fingerprint density at radius 2 is 1.80 bits per heavy atom. The molecule has 2 aliphatic heterocycles. The van der Waals surface area contributed by atoms with Crippen LogP contribution in [0.2, 0.25) is 0 Å². The van der Waals surface area contributed by atoms with Crippen molar-refractivity contribution in [3.05, 3.63) is 83.2 Å². The van der Waals surface area contributed by atoms with Gasteiger partial charge in [0, 0.05) is 48.0 Å². The molecule has 7 heteroatoms. The first-order valence-corrected chi connectivity index (χ1v) is 13.2. The summed E-state index contributed by atoms with van der Waals surface area (Å²) in [6.45, 7) is 7.51. The monoisotopic (exact) mass is 487 g/mol. The van der Waals surface area contributed by atoms with Gasteiger partial charge in [-0.05, 0) is 62.6 Å². The predicted octanol–water partition coefficient (Wildman–Crippen LogP) is 5.16. The second-order valence-electron chi connectivity index (χ2n) is 9.20. The molecule has 3 aromatic rings. The summed E-state index contributed by atoms with van der Waals surface area (Å²) in [5, 5.41) is 5.67. The number of hydrazone groups is 1. The molecule has 1 fully saturated rings. The number of aryl methyl sites for hydroxylation is 1. The summed E-state index contributed by atoms with van der Waals surface area (Å²) < 4.78 is 7.58. The quantitative estimate of drug-likeness (QED) is 0.522. The van der Waals surface area contributed by atoms with Crippen molar-refractivity contribution in [1.29, 1.82) is 0 Å². The van der Waals surface area contributed by atoms with Crippen LogP contribution in [0.15, 0.2) is 70.8 Å². The van der Waals surface area contributed by atoms with E-state index in [4.69, 9.17) is 14.8 Å². The van der Waals surface area contributed by atoms with Gasteiger partial charge in [0.2, 0.25) is 0 Å². The fraction of sp³-hybridized carbons (Fsp3) is 0.357. The fourth-order valence-electron chi connectivity index (χ4n) is 4.92. The zero-order valence-corrected chi connectivity index (χ0v) is 21.5. The van der Waals surface area contributed by atoms with Gasteiger partial charge in [-0.25, -0.2) is 0 Å². The van der Waals surface area contributed by atoms with Crippen molar-refractivity contribution < 1.29 is 4.74 Å². The van der Waals surface area contributed by atoms with Crippen LogP contribution < -0.4 is 10.2 Å². The molecule has 6 nitrogen and oxygen atoms in total. The molecule has 0 bridgehead atoms. The molecule has 0 unspecified atom stereocenters. The number of ether oxygens (including phenoxy) is 1. The van der Waals surface area contributed by atoms with E-state index in [0.29, 0.717) is 6.04 Å². The lowest BCUT2D eigenvalue weighted by molar-refractivity contribution is 0.206. The summed E-state index contributed by atoms with van der Waals surface area (Å²) in [6.07, 6.45) is 2.19. The number of aliphatic imine (C=N–C) groups is 1. The number of methoxy groups -OCH3 is 1. The van der Waals surface area contributed by atoms with Gasteiger partial charge >= 0.3 is 0 Å². The van der Waals surface area contributed by atoms with Gasteiger partial charge in [-0.3, -0.25) is 15.3 Å². The van der Waals surface area contributed by atoms with E-state index >= 15 is 0 Å². The highest BCUT2D eigenvalue weighted by atomic mass is 32.2. The van der Waals surface area contributed by atoms with Crippen LogP contribution in [0.3, 0.4) is 0 Å². The summed E-state index contributed by atoms with van der Waals surface area (Å²) in [7, 11) is 1.69. The third kappa shape index (κ3) is 5.46. The highest BCUT2D eigenvalue weighted by Gasteiger charge is 2.22. The number of nitrogens with zero attached hydrogens (tertiary/aromatic N) is 4. The topological polar surface area (TPSA) is 54.1 Å². The van der Waals surface area contributed by atoms with Crippen LogP contribution in [0.4, 0.5) is 0 Å². The lowest BCUT2D eigenvalue weighted by Gasteiger charge is -2.30. The zero-order valence-electron chi connectivity index (χ0n) is 20.7. The van der Waals surface area contributed by atoms with E-state index < -0.39 is 0 Å². The SMILES string of the molecule is COc1ccc(-n2c(C)cc(C3=NNC(=NC4CCN(Cc5ccccc5)CC4)SC3)c2C)cc1. The predicted molar refractivity (Wildman–Crippen MR) is 146 cm³/mol. The summed E-state index contributed by atoms with van der Waals surface area (Å²) in [5.74, 6) is 1.69. The molecular weight excluding hydrogens is 454 g/mol. The second kappa shape index (κ2) is 10.7. The fourth-order valence-corrected chi connectivity index (χ4v) is 5.75. The number of thioether (sulfide) groups is 1. The Morgan fingerprint density at radius 1 is 1.06 bits per heavy atom. The van der Waals surface area contributed by atoms with Gasteiger partial charge in [0.1, 0.15) is 5.75 Å². The third-order valence-electron chi connectivity index (χ3n) is 6.81. The molecule has 0 atom stereocenters. The third-order valence-corrected chi connectivity index (χ3v) is 7.70. The Balaban J connectivity index is 1.21. The number of likely N-dealkylation sites (tertiary alicyclic amines) is 1. The van der Waals surface area contributed by atoms with E-state index in [2.05, 4.69) is 77.3 Å². The average Bonchev–Trinajstić information content (AvgIpc) is 3.20. The number of aromatic nitrogens is 1. The summed E-state index contributed by atoms with van der Waals surface area (Å²) in [6, 6.07) is 21.5. The number of nitrogens with one attached hydrogen (secondary N) is 1. The van der Waals surface area contributed by atoms with E-state index in [0.717, 1.165) is 60.5 Å².